The minimum Gasteiger partial charge on any atom is -0.335 e. The van der Waals surface area contributed by atoms with E-state index in [4.69, 9.17) is 0 Å². The fourth-order valence-corrected chi connectivity index (χ4v) is 4.67. The van der Waals surface area contributed by atoms with E-state index in [1.165, 1.54) is 18.4 Å². The summed E-state index contributed by atoms with van der Waals surface area (Å²) >= 11 is 1.59. The molecule has 0 saturated carbocycles. The maximum Gasteiger partial charge on any atom is 0.273 e. The van der Waals surface area contributed by atoms with Crippen molar-refractivity contribution >= 4 is 17.2 Å². The summed E-state index contributed by atoms with van der Waals surface area (Å²) in [5.74, 6) is 0.704. The fourth-order valence-electron chi connectivity index (χ4n) is 3.78. The van der Waals surface area contributed by atoms with Gasteiger partial charge in [-0.25, -0.2) is 4.98 Å². The molecule has 3 aliphatic rings. The molecule has 3 fully saturated rings. The lowest BCUT2D eigenvalue weighted by Gasteiger charge is -2.35. The Kier molecular flexibility index (Phi) is 5.92. The maximum absolute atomic E-state index is 13.0. The molecule has 0 spiro atoms. The van der Waals surface area contributed by atoms with Gasteiger partial charge in [0.05, 0.1) is 0 Å². The van der Waals surface area contributed by atoms with Crippen molar-refractivity contribution in [2.24, 2.45) is 5.92 Å². The van der Waals surface area contributed by atoms with Crippen LogP contribution in [-0.4, -0.2) is 71.9 Å². The highest BCUT2D eigenvalue weighted by atomic mass is 32.1. The number of allylic oxidation sites excluding steroid dienone is 1. The molecule has 3 saturated heterocycles. The van der Waals surface area contributed by atoms with E-state index in [0.717, 1.165) is 37.7 Å². The normalized spacial score (nSPS) is 23.8. The first kappa shape index (κ1) is 18.5. The van der Waals surface area contributed by atoms with Gasteiger partial charge < -0.3 is 9.80 Å². The zero-order valence-corrected chi connectivity index (χ0v) is 16.7. The molecular formula is C19H30N4OS. The van der Waals surface area contributed by atoms with Crippen molar-refractivity contribution in [1.82, 2.24) is 19.7 Å². The SMILES string of the molecule is CC(C)=CCN1C[C@H]2CC[C@@H]1CN(C(=O)c1csc(CN(C)C)n1)C2. The Hall–Kier alpha value is -1.24. The summed E-state index contributed by atoms with van der Waals surface area (Å²) in [6.45, 7) is 8.93. The quantitative estimate of drug-likeness (QED) is 0.755. The summed E-state index contributed by atoms with van der Waals surface area (Å²) in [7, 11) is 4.05. The van der Waals surface area contributed by atoms with Gasteiger partial charge in [0.2, 0.25) is 0 Å². The zero-order valence-electron chi connectivity index (χ0n) is 15.9. The van der Waals surface area contributed by atoms with Crippen LogP contribution in [0.4, 0.5) is 0 Å². The number of rotatable bonds is 5. The molecule has 5 nitrogen and oxygen atoms in total. The molecular weight excluding hydrogens is 332 g/mol. The van der Waals surface area contributed by atoms with E-state index >= 15 is 0 Å². The monoisotopic (exact) mass is 362 g/mol. The van der Waals surface area contributed by atoms with Crippen LogP contribution in [0.2, 0.25) is 0 Å². The van der Waals surface area contributed by atoms with Crippen molar-refractivity contribution in [2.75, 3.05) is 40.3 Å². The smallest absolute Gasteiger partial charge is 0.273 e. The highest BCUT2D eigenvalue weighted by molar-refractivity contribution is 7.09. The summed E-state index contributed by atoms with van der Waals surface area (Å²) in [5, 5.41) is 2.94. The molecule has 0 unspecified atom stereocenters. The molecule has 0 N–H and O–H groups in total. The largest absolute Gasteiger partial charge is 0.335 e. The number of fused-ring (bicyclic) bond motifs is 4. The summed E-state index contributed by atoms with van der Waals surface area (Å²) in [4.78, 5) is 24.2. The minimum absolute atomic E-state index is 0.113. The molecule has 0 aromatic carbocycles. The third kappa shape index (κ3) is 4.68. The number of hydrogen-bond acceptors (Lipinski definition) is 5. The Bertz CT molecular complexity index is 635. The molecule has 6 heteroatoms. The lowest BCUT2D eigenvalue weighted by atomic mass is 9.95. The minimum atomic E-state index is 0.113. The van der Waals surface area contributed by atoms with Gasteiger partial charge in [-0.15, -0.1) is 11.3 Å². The molecule has 25 heavy (non-hydrogen) atoms. The molecule has 138 valence electrons. The number of carbonyl (C=O) groups excluding carboxylic acids is 1. The van der Waals surface area contributed by atoms with Gasteiger partial charge in [0, 0.05) is 44.1 Å². The van der Waals surface area contributed by atoms with E-state index < -0.39 is 0 Å². The highest BCUT2D eigenvalue weighted by Gasteiger charge is 2.36. The Balaban J connectivity index is 1.68. The molecule has 4 heterocycles. The Morgan fingerprint density at radius 1 is 1.32 bits per heavy atom. The van der Waals surface area contributed by atoms with Gasteiger partial charge in [-0.3, -0.25) is 9.69 Å². The Morgan fingerprint density at radius 2 is 2.12 bits per heavy atom. The van der Waals surface area contributed by atoms with E-state index in [9.17, 15) is 4.79 Å². The first-order valence-corrected chi connectivity index (χ1v) is 10.1. The van der Waals surface area contributed by atoms with Crippen LogP contribution in [0.3, 0.4) is 0 Å². The third-order valence-corrected chi connectivity index (χ3v) is 5.90. The second-order valence-electron chi connectivity index (χ2n) is 7.91. The predicted octanol–water partition coefficient (Wildman–Crippen LogP) is 2.71. The van der Waals surface area contributed by atoms with Crippen LogP contribution in [0.15, 0.2) is 17.0 Å². The highest BCUT2D eigenvalue weighted by Crippen LogP contribution is 2.29. The van der Waals surface area contributed by atoms with E-state index in [0.29, 0.717) is 17.7 Å². The van der Waals surface area contributed by atoms with Crippen molar-refractivity contribution in [1.29, 1.82) is 0 Å². The second-order valence-corrected chi connectivity index (χ2v) is 8.85. The molecule has 1 amide bonds. The molecule has 1 aromatic rings. The van der Waals surface area contributed by atoms with E-state index in [1.807, 2.05) is 19.5 Å². The topological polar surface area (TPSA) is 39.7 Å². The third-order valence-electron chi connectivity index (χ3n) is 5.07. The molecule has 3 aliphatic heterocycles. The lowest BCUT2D eigenvalue weighted by molar-refractivity contribution is 0.0735. The van der Waals surface area contributed by atoms with Crippen molar-refractivity contribution in [3.63, 3.8) is 0 Å². The standard InChI is InChI=1S/C19H30N4OS/c1-14(2)7-8-22-9-15-5-6-16(22)11-23(10-15)19(24)17-13-25-18(20-17)12-21(3)4/h7,13,15-16H,5-6,8-12H2,1-4H3/t15-,16-/m1/s1. The average Bonchev–Trinajstić information content (AvgIpc) is 2.81. The van der Waals surface area contributed by atoms with Gasteiger partial charge >= 0.3 is 0 Å². The number of hydrogen-bond donors (Lipinski definition) is 0. The first-order valence-electron chi connectivity index (χ1n) is 9.18. The molecule has 2 bridgehead atoms. The summed E-state index contributed by atoms with van der Waals surface area (Å²) in [6, 6.07) is 0.484. The van der Waals surface area contributed by atoms with Crippen LogP contribution in [0.1, 0.15) is 42.2 Å². The molecule has 0 aliphatic carbocycles. The second kappa shape index (κ2) is 7.98. The van der Waals surface area contributed by atoms with Gasteiger partial charge in [0.15, 0.2) is 0 Å². The van der Waals surface area contributed by atoms with Gasteiger partial charge in [-0.1, -0.05) is 11.6 Å². The van der Waals surface area contributed by atoms with Gasteiger partial charge in [0.25, 0.3) is 5.91 Å². The Labute approximate surface area is 155 Å². The van der Waals surface area contributed by atoms with Crippen molar-refractivity contribution in [3.05, 3.63) is 27.7 Å². The number of aromatic nitrogens is 1. The van der Waals surface area contributed by atoms with Crippen molar-refractivity contribution in [2.45, 2.75) is 39.3 Å². The zero-order chi connectivity index (χ0) is 18.0. The number of carbonyl (C=O) groups is 1. The molecule has 1 aromatic heterocycles. The van der Waals surface area contributed by atoms with Crippen LogP contribution in [0.25, 0.3) is 0 Å². The Morgan fingerprint density at radius 3 is 2.84 bits per heavy atom. The molecule has 0 radical (unpaired) electrons. The summed E-state index contributed by atoms with van der Waals surface area (Å²) in [6.07, 6.45) is 4.75. The van der Waals surface area contributed by atoms with Gasteiger partial charge in [-0.2, -0.15) is 0 Å². The van der Waals surface area contributed by atoms with Gasteiger partial charge in [0.1, 0.15) is 10.7 Å². The van der Waals surface area contributed by atoms with Crippen molar-refractivity contribution < 1.29 is 4.79 Å². The number of piperidine rings is 1. The fraction of sp³-hybridized carbons (Fsp3) is 0.684. The predicted molar refractivity (Wildman–Crippen MR) is 103 cm³/mol. The molecule has 4 rings (SSSR count). The van der Waals surface area contributed by atoms with Crippen LogP contribution in [0.5, 0.6) is 0 Å². The number of amides is 1. The van der Waals surface area contributed by atoms with Crippen LogP contribution >= 0.6 is 11.3 Å². The number of nitrogens with zero attached hydrogens (tertiary/aromatic N) is 4. The first-order chi connectivity index (χ1) is 11.9. The summed E-state index contributed by atoms with van der Waals surface area (Å²) < 4.78 is 0. The van der Waals surface area contributed by atoms with Gasteiger partial charge in [-0.05, 0) is 46.7 Å². The van der Waals surface area contributed by atoms with Crippen LogP contribution in [-0.2, 0) is 6.54 Å². The lowest BCUT2D eigenvalue weighted by Crippen LogP contribution is -2.44. The molecule has 2 atom stereocenters. The van der Waals surface area contributed by atoms with Crippen LogP contribution < -0.4 is 0 Å². The summed E-state index contributed by atoms with van der Waals surface area (Å²) in [5.41, 5.74) is 1.99. The average molecular weight is 363 g/mol. The van der Waals surface area contributed by atoms with Crippen molar-refractivity contribution in [3.8, 4) is 0 Å². The van der Waals surface area contributed by atoms with E-state index in [-0.39, 0.29) is 5.91 Å². The van der Waals surface area contributed by atoms with Crippen LogP contribution in [0, 0.1) is 5.92 Å². The van der Waals surface area contributed by atoms with E-state index in [2.05, 4.69) is 39.6 Å². The number of thiazole rings is 1. The maximum atomic E-state index is 13.0. The van der Waals surface area contributed by atoms with E-state index in [1.54, 1.807) is 11.3 Å².